The highest BCUT2D eigenvalue weighted by molar-refractivity contribution is 8.00. The van der Waals surface area contributed by atoms with Crippen molar-refractivity contribution in [1.82, 2.24) is 10.2 Å². The Morgan fingerprint density at radius 3 is 2.20 bits per heavy atom. The van der Waals surface area contributed by atoms with Crippen molar-refractivity contribution in [2.75, 3.05) is 12.3 Å². The lowest BCUT2D eigenvalue weighted by molar-refractivity contribution is -0.150. The standard InChI is InChI=1S/C32H42N2O5S/c1-8-21-40-32(7,24-18-16-23(17-19-24)22-13-10-9-11-14-22)31(5,6)26(33-29(38)39-30(2,3)4)27(35)34-20-12-15-25(34)28(36)37/h8-11,13-14,16-19,25-26H,1,12,15,20-21H2,2-7H3,(H,33,38)(H,36,37). The molecule has 2 N–H and O–H groups in total. The van der Waals surface area contributed by atoms with Crippen LogP contribution >= 0.6 is 11.8 Å². The average molecular weight is 567 g/mol. The highest BCUT2D eigenvalue weighted by Gasteiger charge is 2.53. The summed E-state index contributed by atoms with van der Waals surface area (Å²) >= 11 is 1.62. The van der Waals surface area contributed by atoms with Crippen molar-refractivity contribution in [2.24, 2.45) is 5.41 Å². The third-order valence-corrected chi connectivity index (χ3v) is 9.45. The zero-order chi connectivity index (χ0) is 29.7. The fourth-order valence-electron chi connectivity index (χ4n) is 5.18. The summed E-state index contributed by atoms with van der Waals surface area (Å²) in [5.74, 6) is -0.859. The lowest BCUT2D eigenvalue weighted by Crippen LogP contribution is -2.62. The number of carboxylic acids is 1. The number of alkyl carbamates (subject to hydrolysis) is 1. The number of nitrogens with zero attached hydrogens (tertiary/aromatic N) is 1. The number of amides is 2. The van der Waals surface area contributed by atoms with E-state index in [4.69, 9.17) is 4.74 Å². The number of hydrogen-bond acceptors (Lipinski definition) is 5. The maximum absolute atomic E-state index is 14.2. The fraction of sp³-hybridized carbons (Fsp3) is 0.469. The van der Waals surface area contributed by atoms with Gasteiger partial charge in [-0.05, 0) is 57.2 Å². The Hall–Kier alpha value is -3.26. The lowest BCUT2D eigenvalue weighted by atomic mass is 9.69. The lowest BCUT2D eigenvalue weighted by Gasteiger charge is -2.49. The number of carbonyl (C=O) groups is 3. The molecule has 0 aliphatic carbocycles. The molecule has 1 aliphatic rings. The predicted molar refractivity (Wildman–Crippen MR) is 161 cm³/mol. The van der Waals surface area contributed by atoms with E-state index in [9.17, 15) is 19.5 Å². The smallest absolute Gasteiger partial charge is 0.408 e. The van der Waals surface area contributed by atoms with Crippen LogP contribution in [0.1, 0.15) is 59.9 Å². The summed E-state index contributed by atoms with van der Waals surface area (Å²) in [6.07, 6.45) is 2.06. The van der Waals surface area contributed by atoms with Crippen LogP contribution in [0.4, 0.5) is 4.79 Å². The van der Waals surface area contributed by atoms with E-state index in [-0.39, 0.29) is 0 Å². The maximum Gasteiger partial charge on any atom is 0.408 e. The highest BCUT2D eigenvalue weighted by Crippen LogP contribution is 2.52. The van der Waals surface area contributed by atoms with Gasteiger partial charge in [-0.1, -0.05) is 74.5 Å². The summed E-state index contributed by atoms with van der Waals surface area (Å²) in [7, 11) is 0. The van der Waals surface area contributed by atoms with Crippen LogP contribution in [0.5, 0.6) is 0 Å². The number of hydrogen-bond donors (Lipinski definition) is 2. The third-order valence-electron chi connectivity index (χ3n) is 7.71. The minimum absolute atomic E-state index is 0.320. The summed E-state index contributed by atoms with van der Waals surface area (Å²) in [5.41, 5.74) is 1.48. The molecule has 7 nitrogen and oxygen atoms in total. The number of nitrogens with one attached hydrogen (secondary N) is 1. The van der Waals surface area contributed by atoms with Gasteiger partial charge in [0.2, 0.25) is 5.91 Å². The van der Waals surface area contributed by atoms with Gasteiger partial charge in [0, 0.05) is 22.5 Å². The summed E-state index contributed by atoms with van der Waals surface area (Å²) in [5, 5.41) is 12.7. The predicted octanol–water partition coefficient (Wildman–Crippen LogP) is 6.48. The second-order valence-corrected chi connectivity index (χ2v) is 13.3. The second kappa shape index (κ2) is 12.5. The highest BCUT2D eigenvalue weighted by atomic mass is 32.2. The molecular formula is C32H42N2O5S. The van der Waals surface area contributed by atoms with Gasteiger partial charge in [0.1, 0.15) is 17.7 Å². The number of thioether (sulfide) groups is 1. The molecule has 216 valence electrons. The third kappa shape index (κ3) is 6.89. The van der Waals surface area contributed by atoms with Crippen LogP contribution in [0.2, 0.25) is 0 Å². The van der Waals surface area contributed by atoms with Crippen molar-refractivity contribution >= 4 is 29.7 Å². The van der Waals surface area contributed by atoms with Gasteiger partial charge < -0.3 is 20.1 Å². The Morgan fingerprint density at radius 1 is 1.05 bits per heavy atom. The first-order valence-corrected chi connectivity index (χ1v) is 14.6. The Morgan fingerprint density at radius 2 is 1.65 bits per heavy atom. The van der Waals surface area contributed by atoms with Crippen molar-refractivity contribution in [2.45, 2.75) is 76.8 Å². The number of likely N-dealkylation sites (tertiary alicyclic amines) is 1. The van der Waals surface area contributed by atoms with Crippen LogP contribution in [-0.4, -0.2) is 58.0 Å². The number of carboxylic acid groups (broad SMARTS) is 1. The average Bonchev–Trinajstić information content (AvgIpc) is 3.40. The molecule has 3 unspecified atom stereocenters. The summed E-state index contributed by atoms with van der Waals surface area (Å²) in [6.45, 7) is 15.4. The molecule has 2 amide bonds. The minimum atomic E-state index is -1.06. The molecule has 0 aromatic heterocycles. The van der Waals surface area contributed by atoms with E-state index in [2.05, 4.69) is 55.2 Å². The second-order valence-electron chi connectivity index (χ2n) is 11.9. The van der Waals surface area contributed by atoms with E-state index >= 15 is 0 Å². The molecule has 0 spiro atoms. The maximum atomic E-state index is 14.2. The monoisotopic (exact) mass is 566 g/mol. The van der Waals surface area contributed by atoms with Crippen molar-refractivity contribution in [3.8, 4) is 11.1 Å². The SMILES string of the molecule is C=CCSC(C)(c1ccc(-c2ccccc2)cc1)C(C)(C)C(NC(=O)OC(C)(C)C)C(=O)N1CCCC1C(=O)O. The van der Waals surface area contributed by atoms with Crippen molar-refractivity contribution in [3.05, 3.63) is 72.8 Å². The molecule has 3 rings (SSSR count). The summed E-state index contributed by atoms with van der Waals surface area (Å²) in [6, 6.07) is 16.3. The normalized spacial score (nSPS) is 17.9. The van der Waals surface area contributed by atoms with Crippen molar-refractivity contribution in [1.29, 1.82) is 0 Å². The zero-order valence-electron chi connectivity index (χ0n) is 24.4. The topological polar surface area (TPSA) is 95.9 Å². The van der Waals surface area contributed by atoms with E-state index in [1.165, 1.54) is 4.90 Å². The van der Waals surface area contributed by atoms with E-state index in [1.807, 2.05) is 38.1 Å². The zero-order valence-corrected chi connectivity index (χ0v) is 25.2. The van der Waals surface area contributed by atoms with E-state index in [1.54, 1.807) is 32.5 Å². The van der Waals surface area contributed by atoms with Gasteiger partial charge in [-0.25, -0.2) is 9.59 Å². The van der Waals surface area contributed by atoms with Crippen LogP contribution in [0.25, 0.3) is 11.1 Å². The van der Waals surface area contributed by atoms with E-state index in [0.717, 1.165) is 16.7 Å². The number of carbonyl (C=O) groups excluding carboxylic acids is 2. The summed E-state index contributed by atoms with van der Waals surface area (Å²) < 4.78 is 4.86. The van der Waals surface area contributed by atoms with E-state index in [0.29, 0.717) is 25.1 Å². The molecule has 1 heterocycles. The van der Waals surface area contributed by atoms with Gasteiger partial charge in [0.25, 0.3) is 0 Å². The van der Waals surface area contributed by atoms with Gasteiger partial charge in [0.15, 0.2) is 0 Å². The van der Waals surface area contributed by atoms with Gasteiger partial charge in [0.05, 0.1) is 0 Å². The first kappa shape index (κ1) is 31.3. The van der Waals surface area contributed by atoms with Gasteiger partial charge in [-0.2, -0.15) is 0 Å². The molecule has 1 saturated heterocycles. The Kier molecular flexibility index (Phi) is 9.77. The van der Waals surface area contributed by atoms with Crippen molar-refractivity contribution < 1.29 is 24.2 Å². The van der Waals surface area contributed by atoms with Crippen LogP contribution in [-0.2, 0) is 19.1 Å². The minimum Gasteiger partial charge on any atom is -0.480 e. The molecule has 0 radical (unpaired) electrons. The van der Waals surface area contributed by atoms with Crippen molar-refractivity contribution in [3.63, 3.8) is 0 Å². The molecule has 8 heteroatoms. The molecule has 0 saturated carbocycles. The molecule has 40 heavy (non-hydrogen) atoms. The number of benzene rings is 2. The molecule has 1 fully saturated rings. The van der Waals surface area contributed by atoms with Crippen LogP contribution in [0.15, 0.2) is 67.3 Å². The molecule has 0 bridgehead atoms. The van der Waals surface area contributed by atoms with E-state index < -0.39 is 45.8 Å². The van der Waals surface area contributed by atoms with Crippen LogP contribution in [0.3, 0.4) is 0 Å². The largest absolute Gasteiger partial charge is 0.480 e. The molecule has 2 aromatic rings. The van der Waals surface area contributed by atoms with Gasteiger partial charge >= 0.3 is 12.1 Å². The Bertz CT molecular complexity index is 1210. The number of ether oxygens (including phenoxy) is 1. The quantitative estimate of drug-likeness (QED) is 0.320. The Labute approximate surface area is 242 Å². The first-order chi connectivity index (χ1) is 18.7. The molecule has 3 atom stereocenters. The Balaban J connectivity index is 2.08. The van der Waals surface area contributed by atoms with Gasteiger partial charge in [-0.3, -0.25) is 4.79 Å². The summed E-state index contributed by atoms with van der Waals surface area (Å²) in [4.78, 5) is 40.6. The van der Waals surface area contributed by atoms with Crippen LogP contribution < -0.4 is 5.32 Å². The fourth-order valence-corrected chi connectivity index (χ4v) is 6.43. The molecule has 2 aromatic carbocycles. The number of aliphatic carboxylic acids is 1. The molecule has 1 aliphatic heterocycles. The van der Waals surface area contributed by atoms with Crippen LogP contribution in [0, 0.1) is 5.41 Å². The first-order valence-electron chi connectivity index (χ1n) is 13.6. The number of rotatable bonds is 10. The van der Waals surface area contributed by atoms with Gasteiger partial charge in [-0.15, -0.1) is 18.3 Å². The molecular weight excluding hydrogens is 524 g/mol.